The molecule has 1 aromatic carbocycles. The smallest absolute Gasteiger partial charge is 0.341 e. The Bertz CT molecular complexity index is 802. The van der Waals surface area contributed by atoms with Crippen LogP contribution in [0.4, 0.5) is 0 Å². The Labute approximate surface area is 119 Å². The molecule has 0 aliphatic carbocycles. The molecule has 98 valence electrons. The van der Waals surface area contributed by atoms with Crippen LogP contribution in [0.5, 0.6) is 5.75 Å². The second-order valence-electron chi connectivity index (χ2n) is 2.81. The summed E-state index contributed by atoms with van der Waals surface area (Å²) in [6, 6.07) is -3.50. The van der Waals surface area contributed by atoms with Crippen molar-refractivity contribution in [2.75, 3.05) is 13.2 Å². The number of esters is 1. The number of carbonyl (C=O) groups is 2. The summed E-state index contributed by atoms with van der Waals surface area (Å²) in [5.41, 5.74) is -2.19. The predicted octanol–water partition coefficient (Wildman–Crippen LogP) is 1.89. The summed E-state index contributed by atoms with van der Waals surface area (Å²) in [5, 5.41) is 9.05. The van der Waals surface area contributed by atoms with Gasteiger partial charge in [-0.15, -0.1) is 0 Å². The topological polar surface area (TPSA) is 72.8 Å². The highest BCUT2D eigenvalue weighted by molar-refractivity contribution is 5.92. The second kappa shape index (κ2) is 6.64. The molecule has 0 saturated carbocycles. The molecule has 0 unspecified atom stereocenters. The van der Waals surface area contributed by atoms with Gasteiger partial charge in [-0.2, -0.15) is 0 Å². The van der Waals surface area contributed by atoms with E-state index in [9.17, 15) is 9.59 Å². The molecule has 0 heterocycles. The zero-order valence-corrected chi connectivity index (χ0v) is 9.29. The SMILES string of the molecule is [2H]c1c([2H])c(C([2H])([2H])C(=O)O)c([2H])c(OC([2H])([2H])C([2H])([2H])[2H])c1C(=O)OCC. The molecule has 0 aromatic heterocycles. The molecule has 0 amide bonds. The van der Waals surface area contributed by atoms with E-state index < -0.39 is 66.7 Å². The lowest BCUT2D eigenvalue weighted by Gasteiger charge is -2.10. The first-order valence-corrected chi connectivity index (χ1v) is 4.74. The Morgan fingerprint density at radius 1 is 1.56 bits per heavy atom. The van der Waals surface area contributed by atoms with Gasteiger partial charge in [0.25, 0.3) is 0 Å². The number of carbonyl (C=O) groups excluding carboxylic acids is 1. The fraction of sp³-hybridized carbons (Fsp3) is 0.385. The maximum absolute atomic E-state index is 12.2. The van der Waals surface area contributed by atoms with Crippen molar-refractivity contribution in [1.82, 2.24) is 0 Å². The van der Waals surface area contributed by atoms with E-state index >= 15 is 0 Å². The Morgan fingerprint density at radius 3 is 2.94 bits per heavy atom. The molecule has 1 aromatic rings. The largest absolute Gasteiger partial charge is 0.493 e. The fourth-order valence-corrected chi connectivity index (χ4v) is 1.03. The van der Waals surface area contributed by atoms with E-state index in [0.29, 0.717) is 0 Å². The summed E-state index contributed by atoms with van der Waals surface area (Å²) >= 11 is 0. The van der Waals surface area contributed by atoms with E-state index in [0.717, 1.165) is 0 Å². The Morgan fingerprint density at radius 2 is 2.33 bits per heavy atom. The monoisotopic (exact) mass is 262 g/mol. The quantitative estimate of drug-likeness (QED) is 0.792. The molecule has 0 saturated heterocycles. The molecule has 18 heavy (non-hydrogen) atoms. The summed E-state index contributed by atoms with van der Waals surface area (Å²) in [6.07, 6.45) is -3.39. The van der Waals surface area contributed by atoms with E-state index in [1.165, 1.54) is 6.92 Å². The molecule has 5 heteroatoms. The number of aliphatic carboxylic acids is 1. The number of benzene rings is 1. The van der Waals surface area contributed by atoms with Gasteiger partial charge in [-0.1, -0.05) is 6.04 Å². The maximum Gasteiger partial charge on any atom is 0.341 e. The summed E-state index contributed by atoms with van der Waals surface area (Å²) in [4.78, 5) is 23.4. The molecule has 0 fully saturated rings. The van der Waals surface area contributed by atoms with Crippen LogP contribution in [0.15, 0.2) is 18.1 Å². The lowest BCUT2D eigenvalue weighted by atomic mass is 10.1. The fourth-order valence-electron chi connectivity index (χ4n) is 1.03. The third-order valence-electron chi connectivity index (χ3n) is 1.64. The van der Waals surface area contributed by atoms with Crippen LogP contribution in [0.3, 0.4) is 0 Å². The van der Waals surface area contributed by atoms with Gasteiger partial charge in [0.2, 0.25) is 0 Å². The lowest BCUT2D eigenvalue weighted by molar-refractivity contribution is -0.136. The first kappa shape index (κ1) is 5.30. The van der Waals surface area contributed by atoms with Crippen molar-refractivity contribution < 1.29 is 37.9 Å². The van der Waals surface area contributed by atoms with Gasteiger partial charge in [0.1, 0.15) is 11.3 Å². The molecule has 0 aliphatic rings. The third-order valence-corrected chi connectivity index (χ3v) is 1.64. The van der Waals surface area contributed by atoms with Gasteiger partial charge in [-0.05, 0) is 31.4 Å². The highest BCUT2D eigenvalue weighted by Crippen LogP contribution is 2.22. The van der Waals surface area contributed by atoms with Gasteiger partial charge < -0.3 is 14.6 Å². The van der Waals surface area contributed by atoms with Crippen molar-refractivity contribution in [3.8, 4) is 5.75 Å². The summed E-state index contributed by atoms with van der Waals surface area (Å²) < 4.78 is 84.7. The zero-order chi connectivity index (χ0) is 22.2. The van der Waals surface area contributed by atoms with Crippen LogP contribution in [-0.4, -0.2) is 30.2 Å². The maximum atomic E-state index is 12.2. The minimum Gasteiger partial charge on any atom is -0.493 e. The summed E-state index contributed by atoms with van der Waals surface area (Å²) in [7, 11) is 0. The van der Waals surface area contributed by atoms with E-state index in [1.807, 2.05) is 0 Å². The lowest BCUT2D eigenvalue weighted by Crippen LogP contribution is -2.09. The number of hydrogen-bond donors (Lipinski definition) is 1. The molecule has 0 aliphatic heterocycles. The van der Waals surface area contributed by atoms with Gasteiger partial charge in [0.15, 0.2) is 0 Å². The average Bonchev–Trinajstić information content (AvgIpc) is 2.51. The number of carboxylic acid groups (broad SMARTS) is 1. The molecule has 5 nitrogen and oxygen atoms in total. The minimum absolute atomic E-state index is 0.234. The molecular formula is C13H16O5. The highest BCUT2D eigenvalue weighted by Gasteiger charge is 2.15. The summed E-state index contributed by atoms with van der Waals surface area (Å²) in [5.74, 6) is -4.68. The van der Waals surface area contributed by atoms with Crippen LogP contribution < -0.4 is 4.74 Å². The Balaban J connectivity index is 3.95. The molecule has 0 atom stereocenters. The van der Waals surface area contributed by atoms with E-state index in [-0.39, 0.29) is 6.61 Å². The van der Waals surface area contributed by atoms with Crippen molar-refractivity contribution in [2.45, 2.75) is 20.1 Å². The molecule has 0 radical (unpaired) electrons. The zero-order valence-electron chi connectivity index (χ0n) is 19.3. The van der Waals surface area contributed by atoms with Crippen LogP contribution >= 0.6 is 0 Å². The second-order valence-corrected chi connectivity index (χ2v) is 2.81. The van der Waals surface area contributed by atoms with Gasteiger partial charge >= 0.3 is 11.9 Å². The van der Waals surface area contributed by atoms with E-state index in [4.69, 9.17) is 18.8 Å². The standard InChI is InChI=1S/C13H16O5/c1-3-17-11-7-9(8-12(14)15)5-6-10(11)13(16)18-4-2/h5-7H,3-4,8H2,1-2H3,(H,14,15)/i1D3,3D2,5D,6D,7D,8D2. The van der Waals surface area contributed by atoms with Crippen molar-refractivity contribution in [3.63, 3.8) is 0 Å². The predicted molar refractivity (Wildman–Crippen MR) is 64.9 cm³/mol. The van der Waals surface area contributed by atoms with Crippen LogP contribution in [-0.2, 0) is 15.9 Å². The van der Waals surface area contributed by atoms with Crippen molar-refractivity contribution in [1.29, 1.82) is 0 Å². The van der Waals surface area contributed by atoms with Crippen LogP contribution in [0.1, 0.15) is 43.4 Å². The molecule has 0 bridgehead atoms. The number of ether oxygens (including phenoxy) is 2. The van der Waals surface area contributed by atoms with Gasteiger partial charge in [-0.25, -0.2) is 4.79 Å². The molecule has 1 N–H and O–H groups in total. The number of hydrogen-bond acceptors (Lipinski definition) is 4. The summed E-state index contributed by atoms with van der Waals surface area (Å²) in [6.45, 7) is -5.76. The molecule has 1 rings (SSSR count). The van der Waals surface area contributed by atoms with Gasteiger partial charge in [0, 0.05) is 6.85 Å². The van der Waals surface area contributed by atoms with Crippen LogP contribution in [0.2, 0.25) is 0 Å². The normalized spacial score (nSPS) is 20.3. The minimum atomic E-state index is -3.49. The van der Waals surface area contributed by atoms with E-state index in [2.05, 4.69) is 9.47 Å². The first-order chi connectivity index (χ1) is 12.5. The third kappa shape index (κ3) is 3.76. The van der Waals surface area contributed by atoms with Gasteiger partial charge in [-0.3, -0.25) is 4.79 Å². The Kier molecular flexibility index (Phi) is 1.95. The van der Waals surface area contributed by atoms with Crippen molar-refractivity contribution in [2.24, 2.45) is 0 Å². The van der Waals surface area contributed by atoms with E-state index in [1.54, 1.807) is 0 Å². The van der Waals surface area contributed by atoms with Crippen molar-refractivity contribution >= 4 is 11.9 Å². The molecular weight excluding hydrogens is 236 g/mol. The Hall–Kier alpha value is -2.04. The van der Waals surface area contributed by atoms with Crippen LogP contribution in [0, 0.1) is 0 Å². The first-order valence-electron chi connectivity index (χ1n) is 9.74. The highest BCUT2D eigenvalue weighted by atomic mass is 16.5. The average molecular weight is 262 g/mol. The number of rotatable bonds is 6. The molecule has 0 spiro atoms. The van der Waals surface area contributed by atoms with Crippen molar-refractivity contribution in [3.05, 3.63) is 29.3 Å². The number of carboxylic acids is 1. The van der Waals surface area contributed by atoms with Gasteiger partial charge in [0.05, 0.1) is 26.4 Å². The van der Waals surface area contributed by atoms with Crippen LogP contribution in [0.25, 0.3) is 0 Å².